The fourth-order valence-corrected chi connectivity index (χ4v) is 2.25. The molecular weight excluding hydrogens is 309 g/mol. The van der Waals surface area contributed by atoms with Crippen molar-refractivity contribution >= 4 is 15.9 Å². The summed E-state index contributed by atoms with van der Waals surface area (Å²) in [4.78, 5) is 0. The van der Waals surface area contributed by atoms with Gasteiger partial charge in [0.1, 0.15) is 5.75 Å². The van der Waals surface area contributed by atoms with E-state index < -0.39 is 5.82 Å². The molecule has 0 amide bonds. The van der Waals surface area contributed by atoms with Crippen LogP contribution >= 0.6 is 15.9 Å². The van der Waals surface area contributed by atoms with Crippen LogP contribution in [0.15, 0.2) is 40.9 Å². The molecule has 100 valence electrons. The van der Waals surface area contributed by atoms with Crippen LogP contribution in [0.25, 0.3) is 0 Å². The second kappa shape index (κ2) is 6.17. The highest BCUT2D eigenvalue weighted by Gasteiger charge is 2.12. The second-order valence-corrected chi connectivity index (χ2v) is 4.95. The molecule has 2 N–H and O–H groups in total. The van der Waals surface area contributed by atoms with Crippen molar-refractivity contribution in [3.05, 3.63) is 57.8 Å². The Morgan fingerprint density at radius 3 is 2.74 bits per heavy atom. The molecule has 0 aromatic heterocycles. The molecule has 0 spiro atoms. The van der Waals surface area contributed by atoms with Crippen LogP contribution in [-0.2, 0) is 13.0 Å². The van der Waals surface area contributed by atoms with Crippen molar-refractivity contribution < 1.29 is 9.13 Å². The highest BCUT2D eigenvalue weighted by Crippen LogP contribution is 2.31. The SMILES string of the molecule is CCc1cccc(Oc2ccc(CN)c(Br)c2F)c1. The van der Waals surface area contributed by atoms with E-state index in [-0.39, 0.29) is 12.3 Å². The molecule has 0 saturated heterocycles. The number of halogens is 2. The normalized spacial score (nSPS) is 10.5. The van der Waals surface area contributed by atoms with Gasteiger partial charge in [0.05, 0.1) is 4.47 Å². The lowest BCUT2D eigenvalue weighted by atomic mass is 10.1. The number of aryl methyl sites for hydroxylation is 1. The molecule has 0 unspecified atom stereocenters. The molecule has 0 heterocycles. The molecule has 2 aromatic carbocycles. The van der Waals surface area contributed by atoms with Gasteiger partial charge in [-0.15, -0.1) is 0 Å². The Labute approximate surface area is 120 Å². The van der Waals surface area contributed by atoms with Crippen LogP contribution in [0.2, 0.25) is 0 Å². The largest absolute Gasteiger partial charge is 0.454 e. The summed E-state index contributed by atoms with van der Waals surface area (Å²) in [5.41, 5.74) is 7.39. The molecule has 0 saturated carbocycles. The van der Waals surface area contributed by atoms with Crippen LogP contribution in [0.4, 0.5) is 4.39 Å². The van der Waals surface area contributed by atoms with Gasteiger partial charge in [-0.2, -0.15) is 0 Å². The minimum atomic E-state index is -0.426. The molecule has 0 atom stereocenters. The Morgan fingerprint density at radius 1 is 1.26 bits per heavy atom. The zero-order valence-electron chi connectivity index (χ0n) is 10.6. The lowest BCUT2D eigenvalue weighted by Crippen LogP contribution is -2.00. The van der Waals surface area contributed by atoms with Gasteiger partial charge in [-0.3, -0.25) is 0 Å². The van der Waals surface area contributed by atoms with E-state index >= 15 is 0 Å². The minimum Gasteiger partial charge on any atom is -0.454 e. The van der Waals surface area contributed by atoms with Crippen LogP contribution in [0, 0.1) is 5.82 Å². The zero-order valence-corrected chi connectivity index (χ0v) is 12.2. The lowest BCUT2D eigenvalue weighted by molar-refractivity contribution is 0.439. The third kappa shape index (κ3) is 3.14. The summed E-state index contributed by atoms with van der Waals surface area (Å²) in [6, 6.07) is 11.0. The number of ether oxygens (including phenoxy) is 1. The third-order valence-electron chi connectivity index (χ3n) is 2.88. The number of nitrogens with two attached hydrogens (primary N) is 1. The van der Waals surface area contributed by atoms with Crippen LogP contribution in [0.3, 0.4) is 0 Å². The molecule has 4 heteroatoms. The molecule has 0 aliphatic heterocycles. The van der Waals surface area contributed by atoms with Crippen LogP contribution < -0.4 is 10.5 Å². The molecule has 2 aromatic rings. The van der Waals surface area contributed by atoms with Crippen LogP contribution in [-0.4, -0.2) is 0 Å². The van der Waals surface area contributed by atoms with Crippen molar-refractivity contribution in [1.82, 2.24) is 0 Å². The monoisotopic (exact) mass is 323 g/mol. The lowest BCUT2D eigenvalue weighted by Gasteiger charge is -2.10. The van der Waals surface area contributed by atoms with E-state index in [1.807, 2.05) is 24.3 Å². The van der Waals surface area contributed by atoms with Crippen molar-refractivity contribution in [3.8, 4) is 11.5 Å². The first-order valence-corrected chi connectivity index (χ1v) is 6.88. The highest BCUT2D eigenvalue weighted by molar-refractivity contribution is 9.10. The van der Waals surface area contributed by atoms with E-state index in [1.165, 1.54) is 0 Å². The predicted octanol–water partition coefficient (Wildman–Crippen LogP) is 4.40. The molecule has 0 aliphatic carbocycles. The van der Waals surface area contributed by atoms with E-state index in [0.29, 0.717) is 15.8 Å². The fourth-order valence-electron chi connectivity index (χ4n) is 1.76. The summed E-state index contributed by atoms with van der Waals surface area (Å²) in [7, 11) is 0. The van der Waals surface area contributed by atoms with Gasteiger partial charge < -0.3 is 10.5 Å². The molecule has 2 nitrogen and oxygen atoms in total. The van der Waals surface area contributed by atoms with Crippen molar-refractivity contribution in [2.45, 2.75) is 19.9 Å². The summed E-state index contributed by atoms with van der Waals surface area (Å²) in [6.07, 6.45) is 0.912. The van der Waals surface area contributed by atoms with Crippen molar-refractivity contribution in [2.75, 3.05) is 0 Å². The van der Waals surface area contributed by atoms with Gasteiger partial charge in [-0.25, -0.2) is 4.39 Å². The molecular formula is C15H15BrFNO. The van der Waals surface area contributed by atoms with Crippen molar-refractivity contribution in [3.63, 3.8) is 0 Å². The molecule has 2 rings (SSSR count). The molecule has 0 aliphatic rings. The first kappa shape index (κ1) is 14.0. The van der Waals surface area contributed by atoms with Gasteiger partial charge in [0.25, 0.3) is 0 Å². The summed E-state index contributed by atoms with van der Waals surface area (Å²) in [5, 5.41) is 0. The second-order valence-electron chi connectivity index (χ2n) is 4.16. The molecule has 0 bridgehead atoms. The maximum absolute atomic E-state index is 14.1. The predicted molar refractivity (Wildman–Crippen MR) is 77.9 cm³/mol. The quantitative estimate of drug-likeness (QED) is 0.904. The smallest absolute Gasteiger partial charge is 0.180 e. The van der Waals surface area contributed by atoms with E-state index in [2.05, 4.69) is 22.9 Å². The number of rotatable bonds is 4. The third-order valence-corrected chi connectivity index (χ3v) is 3.74. The van der Waals surface area contributed by atoms with Crippen LogP contribution in [0.1, 0.15) is 18.1 Å². The first-order chi connectivity index (χ1) is 9.15. The fraction of sp³-hybridized carbons (Fsp3) is 0.200. The average molecular weight is 324 g/mol. The van der Waals surface area contributed by atoms with Gasteiger partial charge in [-0.1, -0.05) is 25.1 Å². The topological polar surface area (TPSA) is 35.2 Å². The Kier molecular flexibility index (Phi) is 4.56. The van der Waals surface area contributed by atoms with Crippen LogP contribution in [0.5, 0.6) is 11.5 Å². The van der Waals surface area contributed by atoms with E-state index in [9.17, 15) is 4.39 Å². The number of hydrogen-bond acceptors (Lipinski definition) is 2. The average Bonchev–Trinajstić information content (AvgIpc) is 2.44. The highest BCUT2D eigenvalue weighted by atomic mass is 79.9. The standard InChI is InChI=1S/C15H15BrFNO/c1-2-10-4-3-5-12(8-10)19-13-7-6-11(9-18)14(16)15(13)17/h3-8H,2,9,18H2,1H3. The van der Waals surface area contributed by atoms with Gasteiger partial charge in [0.15, 0.2) is 11.6 Å². The van der Waals surface area contributed by atoms with Crippen molar-refractivity contribution in [2.24, 2.45) is 5.73 Å². The maximum Gasteiger partial charge on any atom is 0.180 e. The van der Waals surface area contributed by atoms with Gasteiger partial charge in [0.2, 0.25) is 0 Å². The summed E-state index contributed by atoms with van der Waals surface area (Å²) in [6.45, 7) is 2.34. The summed E-state index contributed by atoms with van der Waals surface area (Å²) in [5.74, 6) is 0.396. The molecule has 0 fully saturated rings. The van der Waals surface area contributed by atoms with Gasteiger partial charge in [0, 0.05) is 6.54 Å². The van der Waals surface area contributed by atoms with E-state index in [4.69, 9.17) is 10.5 Å². The Balaban J connectivity index is 2.30. The first-order valence-electron chi connectivity index (χ1n) is 6.09. The Morgan fingerprint density at radius 2 is 2.05 bits per heavy atom. The molecule has 0 radical (unpaired) electrons. The summed E-state index contributed by atoms with van der Waals surface area (Å²) >= 11 is 3.20. The number of benzene rings is 2. The zero-order chi connectivity index (χ0) is 13.8. The maximum atomic E-state index is 14.1. The summed E-state index contributed by atoms with van der Waals surface area (Å²) < 4.78 is 20.0. The van der Waals surface area contributed by atoms with Gasteiger partial charge in [-0.05, 0) is 51.7 Å². The minimum absolute atomic E-state index is 0.192. The van der Waals surface area contributed by atoms with Gasteiger partial charge >= 0.3 is 0 Å². The van der Waals surface area contributed by atoms with E-state index in [0.717, 1.165) is 12.0 Å². The Bertz CT molecular complexity index is 586. The number of hydrogen-bond donors (Lipinski definition) is 1. The molecule has 19 heavy (non-hydrogen) atoms. The van der Waals surface area contributed by atoms with E-state index in [1.54, 1.807) is 12.1 Å². The van der Waals surface area contributed by atoms with Crippen molar-refractivity contribution in [1.29, 1.82) is 0 Å². The Hall–Kier alpha value is -1.39.